The summed E-state index contributed by atoms with van der Waals surface area (Å²) in [5.74, 6) is -0.482. The van der Waals surface area contributed by atoms with Gasteiger partial charge in [0.2, 0.25) is 0 Å². The molecule has 6 nitrogen and oxygen atoms in total. The van der Waals surface area contributed by atoms with Crippen molar-refractivity contribution in [1.29, 1.82) is 0 Å². The Morgan fingerprint density at radius 3 is 2.62 bits per heavy atom. The predicted octanol–water partition coefficient (Wildman–Crippen LogP) is 3.98. The van der Waals surface area contributed by atoms with E-state index in [9.17, 15) is 4.79 Å². The van der Waals surface area contributed by atoms with Gasteiger partial charge in [-0.1, -0.05) is 52.1 Å². The van der Waals surface area contributed by atoms with Gasteiger partial charge in [0.1, 0.15) is 0 Å². The van der Waals surface area contributed by atoms with Crippen LogP contribution in [0.5, 0.6) is 0 Å². The van der Waals surface area contributed by atoms with Crippen LogP contribution in [-0.2, 0) is 0 Å². The SMILES string of the molecule is O=C(NNc1cc(Cl)ccc1Cl)c1cn(-c2ccccc2Cl)nn1. The number of hydrazine groups is 1. The van der Waals surface area contributed by atoms with Gasteiger partial charge in [0.25, 0.3) is 5.91 Å². The minimum Gasteiger partial charge on any atom is -0.297 e. The highest BCUT2D eigenvalue weighted by atomic mass is 35.5. The predicted molar refractivity (Wildman–Crippen MR) is 93.9 cm³/mol. The van der Waals surface area contributed by atoms with Crippen LogP contribution in [0, 0.1) is 0 Å². The first-order valence-electron chi connectivity index (χ1n) is 6.73. The van der Waals surface area contributed by atoms with Crippen molar-refractivity contribution in [3.63, 3.8) is 0 Å². The maximum Gasteiger partial charge on any atom is 0.291 e. The van der Waals surface area contributed by atoms with E-state index < -0.39 is 5.91 Å². The zero-order valence-corrected chi connectivity index (χ0v) is 14.3. The summed E-state index contributed by atoms with van der Waals surface area (Å²) >= 11 is 18.0. The van der Waals surface area contributed by atoms with Crippen molar-refractivity contribution in [2.24, 2.45) is 0 Å². The molecule has 0 aliphatic carbocycles. The fourth-order valence-corrected chi connectivity index (χ4v) is 2.46. The topological polar surface area (TPSA) is 71.8 Å². The largest absolute Gasteiger partial charge is 0.297 e. The summed E-state index contributed by atoms with van der Waals surface area (Å²) in [6, 6.07) is 12.0. The molecule has 1 heterocycles. The molecule has 1 amide bonds. The lowest BCUT2D eigenvalue weighted by molar-refractivity contribution is 0.0957. The summed E-state index contributed by atoms with van der Waals surface area (Å²) < 4.78 is 1.42. The molecule has 2 aromatic carbocycles. The molecular weight excluding hydrogens is 373 g/mol. The van der Waals surface area contributed by atoms with E-state index in [4.69, 9.17) is 34.8 Å². The second-order valence-corrected chi connectivity index (χ2v) is 5.95. The fourth-order valence-electron chi connectivity index (χ4n) is 1.90. The number of amides is 1. The molecule has 0 aliphatic rings. The summed E-state index contributed by atoms with van der Waals surface area (Å²) in [6.45, 7) is 0. The Labute approximate surface area is 152 Å². The minimum absolute atomic E-state index is 0.112. The second kappa shape index (κ2) is 7.09. The van der Waals surface area contributed by atoms with Crippen molar-refractivity contribution in [2.45, 2.75) is 0 Å². The first-order chi connectivity index (χ1) is 11.5. The third kappa shape index (κ3) is 3.62. The first kappa shape index (κ1) is 16.6. The lowest BCUT2D eigenvalue weighted by Crippen LogP contribution is -2.29. The molecule has 0 bridgehead atoms. The molecule has 0 radical (unpaired) electrons. The van der Waals surface area contributed by atoms with Gasteiger partial charge in [0.15, 0.2) is 5.69 Å². The molecule has 0 aliphatic heterocycles. The van der Waals surface area contributed by atoms with Gasteiger partial charge in [-0.25, -0.2) is 4.68 Å². The smallest absolute Gasteiger partial charge is 0.291 e. The van der Waals surface area contributed by atoms with Crippen LogP contribution in [0.1, 0.15) is 10.5 Å². The Hall–Kier alpha value is -2.28. The summed E-state index contributed by atoms with van der Waals surface area (Å²) in [5.41, 5.74) is 6.38. The molecule has 0 fully saturated rings. The molecule has 0 spiro atoms. The van der Waals surface area contributed by atoms with Crippen LogP contribution in [0.2, 0.25) is 15.1 Å². The van der Waals surface area contributed by atoms with Crippen LogP contribution in [-0.4, -0.2) is 20.9 Å². The lowest BCUT2D eigenvalue weighted by atomic mass is 10.3. The number of hydrogen-bond acceptors (Lipinski definition) is 4. The third-order valence-corrected chi connectivity index (χ3v) is 3.95. The highest BCUT2D eigenvalue weighted by Gasteiger charge is 2.13. The number of aromatic nitrogens is 3. The molecule has 122 valence electrons. The molecule has 3 aromatic rings. The van der Waals surface area contributed by atoms with Crippen molar-refractivity contribution in [3.05, 3.63) is 69.4 Å². The molecular formula is C15H10Cl3N5O. The van der Waals surface area contributed by atoms with E-state index in [0.29, 0.717) is 26.4 Å². The number of anilines is 1. The summed E-state index contributed by atoms with van der Waals surface area (Å²) in [6.07, 6.45) is 1.47. The summed E-state index contributed by atoms with van der Waals surface area (Å²) in [4.78, 5) is 12.1. The van der Waals surface area contributed by atoms with Crippen molar-refractivity contribution in [1.82, 2.24) is 20.4 Å². The molecule has 1 aromatic heterocycles. The zero-order chi connectivity index (χ0) is 17.1. The van der Waals surface area contributed by atoms with Crippen molar-refractivity contribution >= 4 is 46.4 Å². The van der Waals surface area contributed by atoms with E-state index in [1.54, 1.807) is 36.4 Å². The zero-order valence-electron chi connectivity index (χ0n) is 12.0. The maximum atomic E-state index is 12.1. The van der Waals surface area contributed by atoms with E-state index in [2.05, 4.69) is 21.2 Å². The lowest BCUT2D eigenvalue weighted by Gasteiger charge is -2.09. The molecule has 9 heteroatoms. The second-order valence-electron chi connectivity index (χ2n) is 4.70. The van der Waals surface area contributed by atoms with Gasteiger partial charge in [-0.15, -0.1) is 5.10 Å². The van der Waals surface area contributed by atoms with Crippen molar-refractivity contribution in [3.8, 4) is 5.69 Å². The van der Waals surface area contributed by atoms with Crippen molar-refractivity contribution in [2.75, 3.05) is 5.43 Å². The van der Waals surface area contributed by atoms with Crippen LogP contribution in [0.4, 0.5) is 5.69 Å². The number of nitrogens with zero attached hydrogens (tertiary/aromatic N) is 3. The van der Waals surface area contributed by atoms with Crippen LogP contribution in [0.25, 0.3) is 5.69 Å². The van der Waals surface area contributed by atoms with Gasteiger partial charge in [0.05, 0.1) is 27.6 Å². The van der Waals surface area contributed by atoms with Gasteiger partial charge >= 0.3 is 0 Å². The van der Waals surface area contributed by atoms with E-state index >= 15 is 0 Å². The van der Waals surface area contributed by atoms with E-state index in [0.717, 1.165) is 0 Å². The van der Waals surface area contributed by atoms with Crippen LogP contribution in [0.3, 0.4) is 0 Å². The van der Waals surface area contributed by atoms with Crippen LogP contribution >= 0.6 is 34.8 Å². The number of para-hydroxylation sites is 1. The van der Waals surface area contributed by atoms with Gasteiger partial charge in [-0.2, -0.15) is 0 Å². The normalized spacial score (nSPS) is 10.5. The molecule has 24 heavy (non-hydrogen) atoms. The average molecular weight is 383 g/mol. The standard InChI is InChI=1S/C15H10Cl3N5O/c16-9-5-6-10(17)12(7-9)19-21-15(24)13-8-23(22-20-13)14-4-2-1-3-11(14)18/h1-8,19H,(H,21,24). The summed E-state index contributed by atoms with van der Waals surface area (Å²) in [5, 5.41) is 9.13. The molecule has 0 saturated heterocycles. The first-order valence-corrected chi connectivity index (χ1v) is 7.86. The van der Waals surface area contributed by atoms with Crippen LogP contribution < -0.4 is 10.9 Å². The molecule has 0 atom stereocenters. The summed E-state index contributed by atoms with van der Waals surface area (Å²) in [7, 11) is 0. The Morgan fingerprint density at radius 1 is 1.04 bits per heavy atom. The number of carbonyl (C=O) groups is 1. The van der Waals surface area contributed by atoms with E-state index in [1.807, 2.05) is 6.07 Å². The van der Waals surface area contributed by atoms with E-state index in [1.165, 1.54) is 10.9 Å². The minimum atomic E-state index is -0.482. The van der Waals surface area contributed by atoms with E-state index in [-0.39, 0.29) is 5.69 Å². The van der Waals surface area contributed by atoms with Gasteiger partial charge in [0, 0.05) is 5.02 Å². The van der Waals surface area contributed by atoms with Gasteiger partial charge in [-0.05, 0) is 30.3 Å². The van der Waals surface area contributed by atoms with Gasteiger partial charge < -0.3 is 0 Å². The highest BCUT2D eigenvalue weighted by molar-refractivity contribution is 6.35. The Bertz CT molecular complexity index is 896. The number of halogens is 3. The Kier molecular flexibility index (Phi) is 4.89. The molecule has 0 saturated carbocycles. The highest BCUT2D eigenvalue weighted by Crippen LogP contribution is 2.24. The number of hydrogen-bond donors (Lipinski definition) is 2. The maximum absolute atomic E-state index is 12.1. The van der Waals surface area contributed by atoms with Gasteiger partial charge in [-0.3, -0.25) is 15.6 Å². The Morgan fingerprint density at radius 2 is 1.83 bits per heavy atom. The quantitative estimate of drug-likeness (QED) is 0.669. The van der Waals surface area contributed by atoms with Crippen molar-refractivity contribution < 1.29 is 4.79 Å². The number of rotatable bonds is 4. The Balaban J connectivity index is 1.72. The molecule has 2 N–H and O–H groups in total. The number of benzene rings is 2. The molecule has 3 rings (SSSR count). The van der Waals surface area contributed by atoms with Crippen LogP contribution in [0.15, 0.2) is 48.7 Å². The monoisotopic (exact) mass is 381 g/mol. The third-order valence-electron chi connectivity index (χ3n) is 3.06. The number of carbonyl (C=O) groups excluding carboxylic acids is 1. The molecule has 0 unspecified atom stereocenters. The fraction of sp³-hybridized carbons (Fsp3) is 0. The average Bonchev–Trinajstić information content (AvgIpc) is 3.05. The number of nitrogens with one attached hydrogen (secondary N) is 2.